The molecule has 30 heavy (non-hydrogen) atoms. The third kappa shape index (κ3) is 3.55. The normalized spacial score (nSPS) is 15.0. The zero-order valence-electron chi connectivity index (χ0n) is 16.7. The van der Waals surface area contributed by atoms with Crippen LogP contribution in [0.4, 0.5) is 5.82 Å². The molecule has 0 unspecified atom stereocenters. The molecule has 3 aromatic rings. The van der Waals surface area contributed by atoms with E-state index < -0.39 is 0 Å². The molecule has 0 saturated carbocycles. The van der Waals surface area contributed by atoms with Gasteiger partial charge < -0.3 is 19.5 Å². The summed E-state index contributed by atoms with van der Waals surface area (Å²) in [4.78, 5) is 17.1. The molecule has 0 fully saturated rings. The van der Waals surface area contributed by atoms with Crippen molar-refractivity contribution in [3.8, 4) is 35.3 Å². The summed E-state index contributed by atoms with van der Waals surface area (Å²) in [5.41, 5.74) is 2.54. The average molecular weight is 403 g/mol. The maximum Gasteiger partial charge on any atom is 0.226 e. The van der Waals surface area contributed by atoms with Crippen LogP contribution in [0.15, 0.2) is 48.8 Å². The Labute approximate surface area is 174 Å². The first-order valence-electron chi connectivity index (χ1n) is 9.40. The Morgan fingerprint density at radius 3 is 2.83 bits per heavy atom. The van der Waals surface area contributed by atoms with Crippen molar-refractivity contribution >= 4 is 11.7 Å². The predicted molar refractivity (Wildman–Crippen MR) is 113 cm³/mol. The van der Waals surface area contributed by atoms with Crippen LogP contribution >= 0.6 is 0 Å². The summed E-state index contributed by atoms with van der Waals surface area (Å²) in [5, 5.41) is 2.95. The van der Waals surface area contributed by atoms with Gasteiger partial charge in [0.05, 0.1) is 25.6 Å². The second-order valence-electron chi connectivity index (χ2n) is 6.76. The lowest BCUT2D eigenvalue weighted by Crippen LogP contribution is -2.25. The van der Waals surface area contributed by atoms with Crippen LogP contribution in [0.5, 0.6) is 17.2 Å². The number of aromatic nitrogens is 2. The number of nitrogens with one attached hydrogen (secondary N) is 1. The number of methoxy groups -OCH3 is 2. The van der Waals surface area contributed by atoms with Crippen LogP contribution in [0, 0.1) is 12.3 Å². The lowest BCUT2D eigenvalue weighted by Gasteiger charge is -2.24. The van der Waals surface area contributed by atoms with Gasteiger partial charge in [0, 0.05) is 18.4 Å². The SMILES string of the molecule is C#CCOc1ccc([C@@H]2CC(=O)Nc3c2ncn3-c2cccc(OC)c2)cc1OC. The molecule has 152 valence electrons. The number of ether oxygens (including phenoxy) is 3. The Kier molecular flexibility index (Phi) is 5.31. The topological polar surface area (TPSA) is 74.6 Å². The Morgan fingerprint density at radius 2 is 2.07 bits per heavy atom. The minimum Gasteiger partial charge on any atom is -0.497 e. The first-order chi connectivity index (χ1) is 14.6. The van der Waals surface area contributed by atoms with Crippen LogP contribution in [-0.2, 0) is 4.79 Å². The number of amides is 1. The largest absolute Gasteiger partial charge is 0.497 e. The lowest BCUT2D eigenvalue weighted by atomic mass is 9.89. The highest BCUT2D eigenvalue weighted by molar-refractivity contribution is 5.94. The maximum absolute atomic E-state index is 12.5. The highest BCUT2D eigenvalue weighted by Gasteiger charge is 2.31. The Hall–Kier alpha value is -3.92. The van der Waals surface area contributed by atoms with Crippen molar-refractivity contribution in [3.63, 3.8) is 0 Å². The number of imidazole rings is 1. The summed E-state index contributed by atoms with van der Waals surface area (Å²) >= 11 is 0. The Bertz CT molecular complexity index is 1130. The first-order valence-corrected chi connectivity index (χ1v) is 9.40. The second kappa shape index (κ2) is 8.21. The number of hydrogen-bond donors (Lipinski definition) is 1. The maximum atomic E-state index is 12.5. The predicted octanol–water partition coefficient (Wildman–Crippen LogP) is 3.38. The molecule has 4 rings (SSSR count). The molecule has 1 aromatic heterocycles. The number of benzene rings is 2. The molecule has 0 bridgehead atoms. The first kappa shape index (κ1) is 19.4. The Morgan fingerprint density at radius 1 is 1.20 bits per heavy atom. The fourth-order valence-corrected chi connectivity index (χ4v) is 3.58. The number of nitrogens with zero attached hydrogens (tertiary/aromatic N) is 2. The number of fused-ring (bicyclic) bond motifs is 1. The van der Waals surface area contributed by atoms with Crippen molar-refractivity contribution < 1.29 is 19.0 Å². The van der Waals surface area contributed by atoms with E-state index in [2.05, 4.69) is 16.2 Å². The molecule has 7 nitrogen and oxygen atoms in total. The molecule has 0 spiro atoms. The molecule has 2 aromatic carbocycles. The van der Waals surface area contributed by atoms with E-state index in [1.165, 1.54) is 0 Å². The second-order valence-corrected chi connectivity index (χ2v) is 6.76. The van der Waals surface area contributed by atoms with E-state index in [1.807, 2.05) is 41.0 Å². The molecule has 0 saturated heterocycles. The van der Waals surface area contributed by atoms with Gasteiger partial charge in [-0.3, -0.25) is 9.36 Å². The molecule has 1 N–H and O–H groups in total. The van der Waals surface area contributed by atoms with Gasteiger partial charge in [-0.1, -0.05) is 18.1 Å². The minimum absolute atomic E-state index is 0.0798. The van der Waals surface area contributed by atoms with Gasteiger partial charge in [0.25, 0.3) is 0 Å². The van der Waals surface area contributed by atoms with Crippen molar-refractivity contribution in [2.75, 3.05) is 26.1 Å². The van der Waals surface area contributed by atoms with Gasteiger partial charge in [-0.15, -0.1) is 6.42 Å². The molecule has 7 heteroatoms. The van der Waals surface area contributed by atoms with Crippen LogP contribution in [0.2, 0.25) is 0 Å². The van der Waals surface area contributed by atoms with E-state index in [-0.39, 0.29) is 24.9 Å². The highest BCUT2D eigenvalue weighted by atomic mass is 16.5. The number of terminal acetylenes is 1. The fourth-order valence-electron chi connectivity index (χ4n) is 3.58. The number of rotatable bonds is 6. The van der Waals surface area contributed by atoms with Gasteiger partial charge >= 0.3 is 0 Å². The van der Waals surface area contributed by atoms with Crippen molar-refractivity contribution in [1.29, 1.82) is 0 Å². The molecule has 1 aliphatic rings. The summed E-state index contributed by atoms with van der Waals surface area (Å²) in [6, 6.07) is 13.2. The van der Waals surface area contributed by atoms with Gasteiger partial charge in [0.15, 0.2) is 11.5 Å². The number of carbonyl (C=O) groups excluding carboxylic acids is 1. The molecule has 1 amide bonds. The van der Waals surface area contributed by atoms with Crippen LogP contribution in [0.1, 0.15) is 23.6 Å². The van der Waals surface area contributed by atoms with Gasteiger partial charge in [0.2, 0.25) is 5.91 Å². The zero-order chi connectivity index (χ0) is 21.1. The van der Waals surface area contributed by atoms with Crippen molar-refractivity contribution in [2.24, 2.45) is 0 Å². The number of hydrogen-bond acceptors (Lipinski definition) is 5. The number of carbonyl (C=O) groups is 1. The van der Waals surface area contributed by atoms with Crippen molar-refractivity contribution in [3.05, 3.63) is 60.0 Å². The minimum atomic E-state index is -0.212. The van der Waals surface area contributed by atoms with E-state index in [0.717, 1.165) is 22.7 Å². The molecular weight excluding hydrogens is 382 g/mol. The standard InChI is InChI=1S/C23H21N3O4/c1-4-10-30-19-9-8-15(11-20(19)29-3)18-13-21(27)25-23-22(18)24-14-26(23)16-6-5-7-17(12-16)28-2/h1,5-9,11-12,14,18H,10,13H2,2-3H3,(H,25,27)/t18-/m0/s1. The summed E-state index contributed by atoms with van der Waals surface area (Å²) in [5.74, 6) is 4.63. The van der Waals surface area contributed by atoms with Gasteiger partial charge in [0.1, 0.15) is 24.5 Å². The van der Waals surface area contributed by atoms with Crippen LogP contribution in [0.25, 0.3) is 5.69 Å². The van der Waals surface area contributed by atoms with E-state index in [4.69, 9.17) is 20.6 Å². The lowest BCUT2D eigenvalue weighted by molar-refractivity contribution is -0.116. The summed E-state index contributed by atoms with van der Waals surface area (Å²) in [7, 11) is 3.18. The molecule has 2 heterocycles. The van der Waals surface area contributed by atoms with Crippen LogP contribution < -0.4 is 19.5 Å². The summed E-state index contributed by atoms with van der Waals surface area (Å²) < 4.78 is 18.1. The van der Waals surface area contributed by atoms with E-state index in [9.17, 15) is 4.79 Å². The monoisotopic (exact) mass is 403 g/mol. The third-order valence-corrected chi connectivity index (χ3v) is 5.01. The average Bonchev–Trinajstić information content (AvgIpc) is 3.20. The van der Waals surface area contributed by atoms with Crippen molar-refractivity contribution in [2.45, 2.75) is 12.3 Å². The summed E-state index contributed by atoms with van der Waals surface area (Å²) in [6.07, 6.45) is 7.27. The smallest absolute Gasteiger partial charge is 0.226 e. The Balaban J connectivity index is 1.74. The van der Waals surface area contributed by atoms with E-state index in [1.54, 1.807) is 26.6 Å². The van der Waals surface area contributed by atoms with Crippen LogP contribution in [0.3, 0.4) is 0 Å². The van der Waals surface area contributed by atoms with E-state index >= 15 is 0 Å². The highest BCUT2D eigenvalue weighted by Crippen LogP contribution is 2.40. The number of anilines is 1. The van der Waals surface area contributed by atoms with Gasteiger partial charge in [-0.2, -0.15) is 0 Å². The van der Waals surface area contributed by atoms with Gasteiger partial charge in [-0.25, -0.2) is 4.98 Å². The summed E-state index contributed by atoms with van der Waals surface area (Å²) in [6.45, 7) is 0.149. The van der Waals surface area contributed by atoms with Crippen molar-refractivity contribution in [1.82, 2.24) is 9.55 Å². The van der Waals surface area contributed by atoms with Crippen LogP contribution in [-0.4, -0.2) is 36.3 Å². The molecular formula is C23H21N3O4. The molecule has 1 aliphatic heterocycles. The third-order valence-electron chi connectivity index (χ3n) is 5.01. The fraction of sp³-hybridized carbons (Fsp3) is 0.217. The molecule has 1 atom stereocenters. The van der Waals surface area contributed by atoms with Gasteiger partial charge in [-0.05, 0) is 29.8 Å². The molecule has 0 aliphatic carbocycles. The quantitative estimate of drug-likeness (QED) is 0.639. The van der Waals surface area contributed by atoms with E-state index in [0.29, 0.717) is 17.3 Å². The zero-order valence-corrected chi connectivity index (χ0v) is 16.7. The molecule has 0 radical (unpaired) electrons.